The van der Waals surface area contributed by atoms with Gasteiger partial charge in [-0.05, 0) is 161 Å². The quantitative estimate of drug-likeness (QED) is 0.0337. The van der Waals surface area contributed by atoms with Gasteiger partial charge in [-0.25, -0.2) is 4.79 Å². The number of carboxylic acid groups (broad SMARTS) is 2. The van der Waals surface area contributed by atoms with Crippen LogP contribution in [-0.2, 0) is 94.3 Å². The average Bonchev–Trinajstić information content (AvgIpc) is 1.81. The molecule has 2 heterocycles. The number of amides is 10. The number of Topliss-reactive ketones (excluding diaryl/α,β-unsaturated/α-hetero) is 6. The number of rotatable bonds is 30. The molecule has 0 bridgehead atoms. The number of carbonyl (C=O) groups excluding carboxylic acids is 16. The van der Waals surface area contributed by atoms with Crippen molar-refractivity contribution in [2.75, 3.05) is 13.1 Å². The summed E-state index contributed by atoms with van der Waals surface area (Å²) in [6, 6.07) is -0.127. The second-order valence-electron chi connectivity index (χ2n) is 31.4. The Balaban J connectivity index is 1.47. The number of aromatic carboxylic acids is 1. The highest BCUT2D eigenvalue weighted by molar-refractivity contribution is 6.41. The molecule has 10 amide bonds. The monoisotopic (exact) mass is 1600 g/mol. The minimum Gasteiger partial charge on any atom is -0.481 e. The third-order valence-electron chi connectivity index (χ3n) is 21.4. The largest absolute Gasteiger partial charge is 0.481 e. The van der Waals surface area contributed by atoms with Crippen LogP contribution in [0, 0.1) is 29.1 Å². The Morgan fingerprint density at radius 1 is 0.600 bits per heavy atom. The number of hydrogen-bond acceptors (Lipinski definition) is 20. The summed E-state index contributed by atoms with van der Waals surface area (Å²) < 4.78 is 0. The van der Waals surface area contributed by atoms with E-state index in [0.717, 1.165) is 19.3 Å². The summed E-state index contributed by atoms with van der Waals surface area (Å²) in [5.74, 6) is -18.9. The van der Waals surface area contributed by atoms with Crippen molar-refractivity contribution in [3.05, 3.63) is 83.6 Å². The van der Waals surface area contributed by atoms with Crippen LogP contribution >= 0.6 is 0 Å². The Kier molecular flexibility index (Phi) is 37.5. The van der Waals surface area contributed by atoms with Crippen molar-refractivity contribution in [1.82, 2.24) is 58.2 Å². The summed E-state index contributed by atoms with van der Waals surface area (Å²) in [6.45, 7) is 13.5. The molecule has 2 aliphatic rings. The summed E-state index contributed by atoms with van der Waals surface area (Å²) >= 11 is 0. The number of allylic oxidation sites excluding steroid dienone is 2. The van der Waals surface area contributed by atoms with Crippen molar-refractivity contribution in [1.29, 1.82) is 0 Å². The number of H-pyrrole nitrogens is 1. The number of aromatic amines is 1. The first-order chi connectivity index (χ1) is 54.1. The second kappa shape index (κ2) is 45.4. The van der Waals surface area contributed by atoms with E-state index in [0.29, 0.717) is 67.0 Å². The van der Waals surface area contributed by atoms with Gasteiger partial charge in [0.25, 0.3) is 0 Å². The van der Waals surface area contributed by atoms with Crippen LogP contribution in [0.5, 0.6) is 0 Å². The maximum Gasteiger partial charge on any atom is 0.335 e. The fourth-order valence-electron chi connectivity index (χ4n) is 13.7. The molecule has 0 spiro atoms. The van der Waals surface area contributed by atoms with Gasteiger partial charge >= 0.3 is 11.9 Å². The van der Waals surface area contributed by atoms with Gasteiger partial charge < -0.3 is 79.8 Å². The SMILES string of the molecule is CC(=O)C[C@]1(C)CCCCCC/C=C/CCC[C@@](C)(C(=O)NC(C)C(=O)N[C@@H](C)C(=O)NC(C)C(=O)N[C@@H](C)C(=O)C(=O)[C@H](C)NC[C@H](C)C(N)=O)NC(=O)[C@H](CC2CCC2)CN[C@@H](CCC(N)=O)C(=O)C(=O)C(C)NC(=O)[C@H](Cc2c[nH]c3ccccc23)CC(=O)[C@H](Cc2ccc(C(=O)O)cc2)NC(=O)[C@H](CCC(=O)O)NC1=O. The molecule has 3 aromatic rings. The van der Waals surface area contributed by atoms with E-state index in [4.69, 9.17) is 11.5 Å². The maximum absolute atomic E-state index is 15.2. The number of nitrogens with two attached hydrogens (primary N) is 2. The lowest BCUT2D eigenvalue weighted by Crippen LogP contribution is -2.62. The van der Waals surface area contributed by atoms with Crippen LogP contribution in [0.25, 0.3) is 10.9 Å². The molecule has 33 nitrogen and oxygen atoms in total. The first-order valence-corrected chi connectivity index (χ1v) is 39.6. The zero-order chi connectivity index (χ0) is 85.6. The van der Waals surface area contributed by atoms with E-state index in [1.54, 1.807) is 37.4 Å². The Morgan fingerprint density at radius 3 is 1.78 bits per heavy atom. The molecule has 1 fully saturated rings. The molecule has 0 radical (unpaired) electrons. The molecule has 115 heavy (non-hydrogen) atoms. The molecule has 2 aromatic carbocycles. The molecule has 14 atom stereocenters. The predicted octanol–water partition coefficient (Wildman–Crippen LogP) is 2.93. The fourth-order valence-corrected chi connectivity index (χ4v) is 13.7. The normalized spacial score (nSPS) is 23.9. The predicted molar refractivity (Wildman–Crippen MR) is 423 cm³/mol. The smallest absolute Gasteiger partial charge is 0.335 e. The van der Waals surface area contributed by atoms with Crippen LogP contribution in [0.2, 0.25) is 0 Å². The molecular formula is C82H117N13O20. The third kappa shape index (κ3) is 30.2. The minimum absolute atomic E-state index is 0.00647. The van der Waals surface area contributed by atoms with Gasteiger partial charge in [0.2, 0.25) is 82.2 Å². The highest BCUT2D eigenvalue weighted by atomic mass is 16.4. The van der Waals surface area contributed by atoms with Gasteiger partial charge in [-0.1, -0.05) is 94.9 Å². The number of carbonyl (C=O) groups is 18. The van der Waals surface area contributed by atoms with Crippen LogP contribution < -0.4 is 64.6 Å². The number of carboxylic acids is 2. The van der Waals surface area contributed by atoms with E-state index in [9.17, 15) is 86.9 Å². The molecule has 1 aliphatic carbocycles. The van der Waals surface area contributed by atoms with Gasteiger partial charge in [0.05, 0.1) is 47.1 Å². The topological polar surface area (TPSA) is 536 Å². The standard InChI is InChI=1S/C82H117N13O20/c1-45(71(84)105)42-85-47(3)67(101)68(102)48(4)88-72(106)50(6)90-73(107)51(7)91-74(108)52(8)92-80(115)82(10)36-21-17-15-13-11-12-14-16-20-35-81(9,41-46(2)96)79(114)94-62(32-34-66(99)100)77(111)93-63(38-54-27-29-55(30-28-54)78(112)113)64(97)40-56(39-57-43-86-60-26-19-18-25-59(57)60)75(109)89-49(5)69(103)70(104)61(31-33-65(83)98)87-44-58(76(110)95-82)37-53-23-22-24-53/h13,15,18-19,25-30,43,45,47-53,56,58,61-63,85-87H,11-12,14,16-17,20-24,31-42,44H2,1-10H3,(H2,83,98)(H2,84,105)(H,88,106)(H,89,109)(H,90,107)(H,91,108)(H,92,115)(H,93,111)(H,94,114)(H,95,110)(H,99,100)(H,112,113)/b15-13+/t45-,47-,48-,49?,50?,51-,52?,56+,58+,61-,62-,63-,81-,82-/m0/s1. The molecule has 630 valence electrons. The third-order valence-corrected chi connectivity index (χ3v) is 21.4. The van der Waals surface area contributed by atoms with E-state index < -0.39 is 209 Å². The highest BCUT2D eigenvalue weighted by Crippen LogP contribution is 2.34. The lowest BCUT2D eigenvalue weighted by Gasteiger charge is -2.35. The summed E-state index contributed by atoms with van der Waals surface area (Å²) in [7, 11) is 0. The molecule has 1 aromatic heterocycles. The van der Waals surface area contributed by atoms with Crippen LogP contribution in [0.15, 0.2) is 66.9 Å². The van der Waals surface area contributed by atoms with E-state index in [-0.39, 0.29) is 75.3 Å². The van der Waals surface area contributed by atoms with E-state index in [1.807, 2.05) is 12.2 Å². The van der Waals surface area contributed by atoms with Gasteiger partial charge in [-0.2, -0.15) is 0 Å². The van der Waals surface area contributed by atoms with Crippen LogP contribution in [-0.4, -0.2) is 194 Å². The van der Waals surface area contributed by atoms with Crippen LogP contribution in [0.1, 0.15) is 213 Å². The average molecular weight is 1600 g/mol. The molecule has 33 heteroatoms. The summed E-state index contributed by atoms with van der Waals surface area (Å²) in [5, 5.41) is 47.0. The number of benzene rings is 2. The summed E-state index contributed by atoms with van der Waals surface area (Å²) in [5.41, 5.74) is 9.18. The van der Waals surface area contributed by atoms with Crippen molar-refractivity contribution in [3.63, 3.8) is 0 Å². The van der Waals surface area contributed by atoms with Gasteiger partial charge in [0.15, 0.2) is 5.78 Å². The van der Waals surface area contributed by atoms with Crippen molar-refractivity contribution < 1.29 is 96.5 Å². The van der Waals surface area contributed by atoms with Gasteiger partial charge in [0, 0.05) is 67.7 Å². The lowest BCUT2D eigenvalue weighted by molar-refractivity contribution is -0.141. The van der Waals surface area contributed by atoms with Crippen LogP contribution in [0.4, 0.5) is 0 Å². The Hall–Kier alpha value is -10.7. The minimum atomic E-state index is -1.76. The zero-order valence-electron chi connectivity index (χ0n) is 67.5. The molecule has 5 rings (SSSR count). The molecule has 3 unspecified atom stereocenters. The van der Waals surface area contributed by atoms with Crippen LogP contribution in [0.3, 0.4) is 0 Å². The first-order valence-electron chi connectivity index (χ1n) is 39.6. The summed E-state index contributed by atoms with van der Waals surface area (Å²) in [4.78, 5) is 249. The number of fused-ring (bicyclic) bond motifs is 1. The van der Waals surface area contributed by atoms with Crippen molar-refractivity contribution in [2.45, 2.75) is 264 Å². The van der Waals surface area contributed by atoms with Crippen molar-refractivity contribution in [3.8, 4) is 0 Å². The van der Waals surface area contributed by atoms with E-state index >= 15 is 9.59 Å². The number of primary amides is 2. The number of ketones is 6. The lowest BCUT2D eigenvalue weighted by atomic mass is 9.78. The molecular weight excluding hydrogens is 1490 g/mol. The zero-order valence-corrected chi connectivity index (χ0v) is 67.5. The molecule has 0 saturated heterocycles. The van der Waals surface area contributed by atoms with Gasteiger partial charge in [-0.3, -0.25) is 81.5 Å². The van der Waals surface area contributed by atoms with Gasteiger partial charge in [0.1, 0.15) is 35.5 Å². The second-order valence-corrected chi connectivity index (χ2v) is 31.4. The van der Waals surface area contributed by atoms with Crippen molar-refractivity contribution >= 4 is 117 Å². The number of para-hydroxylation sites is 1. The Bertz CT molecular complexity index is 4060. The number of aromatic nitrogens is 1. The van der Waals surface area contributed by atoms with E-state index in [2.05, 4.69) is 58.2 Å². The number of aliphatic carboxylic acids is 1. The Labute approximate surface area is 669 Å². The highest BCUT2D eigenvalue weighted by Gasteiger charge is 2.42. The molecule has 1 saturated carbocycles. The van der Waals surface area contributed by atoms with Gasteiger partial charge in [-0.15, -0.1) is 0 Å². The summed E-state index contributed by atoms with van der Waals surface area (Å²) in [6.07, 6.45) is 8.68. The Morgan fingerprint density at radius 2 is 1.19 bits per heavy atom. The molecule has 17 N–H and O–H groups in total. The number of hydrogen-bond donors (Lipinski definition) is 15. The van der Waals surface area contributed by atoms with Crippen molar-refractivity contribution in [2.24, 2.45) is 40.6 Å². The maximum atomic E-state index is 15.2. The fraction of sp³-hybridized carbons (Fsp3) is 0.585. The number of nitrogens with one attached hydrogen (secondary N) is 11. The van der Waals surface area contributed by atoms with E-state index in [1.165, 1.54) is 86.6 Å². The molecule has 1 aliphatic heterocycles. The first kappa shape index (κ1) is 94.9.